The number of anilines is 1. The molecule has 20 heavy (non-hydrogen) atoms. The van der Waals surface area contributed by atoms with Crippen molar-refractivity contribution in [2.75, 3.05) is 18.0 Å². The smallest absolute Gasteiger partial charge is 0.337 e. The fourth-order valence-electron chi connectivity index (χ4n) is 3.20. The van der Waals surface area contributed by atoms with Crippen LogP contribution in [-0.2, 0) is 0 Å². The van der Waals surface area contributed by atoms with E-state index >= 15 is 0 Å². The Bertz CT molecular complexity index is 470. The molecule has 1 aromatic carbocycles. The Morgan fingerprint density at radius 3 is 2.85 bits per heavy atom. The van der Waals surface area contributed by atoms with Gasteiger partial charge >= 0.3 is 5.97 Å². The van der Waals surface area contributed by atoms with Crippen molar-refractivity contribution < 1.29 is 9.90 Å². The molecule has 1 unspecified atom stereocenters. The van der Waals surface area contributed by atoms with Crippen LogP contribution in [0.25, 0.3) is 0 Å². The Balaban J connectivity index is 2.17. The summed E-state index contributed by atoms with van der Waals surface area (Å²) in [7, 11) is 0. The van der Waals surface area contributed by atoms with Crippen LogP contribution in [0.3, 0.4) is 0 Å². The molecule has 1 atom stereocenters. The molecule has 0 amide bonds. The first-order chi connectivity index (χ1) is 9.61. The molecule has 2 rings (SSSR count). The van der Waals surface area contributed by atoms with Crippen molar-refractivity contribution in [3.05, 3.63) is 29.3 Å². The number of carboxylic acid groups (broad SMARTS) is 1. The molecule has 1 fully saturated rings. The van der Waals surface area contributed by atoms with Gasteiger partial charge in [-0.3, -0.25) is 0 Å². The van der Waals surface area contributed by atoms with Crippen molar-refractivity contribution >= 4 is 11.7 Å². The second-order valence-electron chi connectivity index (χ2n) is 5.90. The van der Waals surface area contributed by atoms with Gasteiger partial charge in [-0.25, -0.2) is 4.79 Å². The Hall–Kier alpha value is -1.51. The fourth-order valence-corrected chi connectivity index (χ4v) is 3.20. The lowest BCUT2D eigenvalue weighted by Gasteiger charge is -2.25. The predicted octanol–water partition coefficient (Wildman–Crippen LogP) is 4.10. The molecule has 1 saturated heterocycles. The van der Waals surface area contributed by atoms with Crippen molar-refractivity contribution in [2.45, 2.75) is 46.0 Å². The van der Waals surface area contributed by atoms with Crippen molar-refractivity contribution in [2.24, 2.45) is 5.92 Å². The molecule has 1 aliphatic rings. The number of nitrogens with zero attached hydrogens (tertiary/aromatic N) is 1. The van der Waals surface area contributed by atoms with Gasteiger partial charge in [-0.15, -0.1) is 0 Å². The van der Waals surface area contributed by atoms with Crippen LogP contribution in [0.1, 0.15) is 54.9 Å². The second-order valence-corrected chi connectivity index (χ2v) is 5.90. The summed E-state index contributed by atoms with van der Waals surface area (Å²) in [5.74, 6) is -0.0122. The first-order valence-electron chi connectivity index (χ1n) is 7.70. The Kier molecular flexibility index (Phi) is 5.05. The van der Waals surface area contributed by atoms with Crippen LogP contribution in [0.2, 0.25) is 0 Å². The van der Waals surface area contributed by atoms with Crippen LogP contribution in [-0.4, -0.2) is 24.2 Å². The Morgan fingerprint density at radius 2 is 2.15 bits per heavy atom. The maximum Gasteiger partial charge on any atom is 0.337 e. The average Bonchev–Trinajstić information content (AvgIpc) is 2.65. The summed E-state index contributed by atoms with van der Waals surface area (Å²) in [4.78, 5) is 13.7. The number of aromatic carboxylic acids is 1. The quantitative estimate of drug-likeness (QED) is 0.899. The molecule has 0 radical (unpaired) electrons. The summed E-state index contributed by atoms with van der Waals surface area (Å²) in [6.07, 6.45) is 6.17. The molecular formula is C17H25NO2. The lowest BCUT2D eigenvalue weighted by atomic mass is 9.96. The minimum atomic E-state index is -0.821. The predicted molar refractivity (Wildman–Crippen MR) is 82.6 cm³/mol. The molecule has 1 heterocycles. The highest BCUT2D eigenvalue weighted by molar-refractivity contribution is 5.94. The monoisotopic (exact) mass is 275 g/mol. The topological polar surface area (TPSA) is 40.5 Å². The molecule has 3 heteroatoms. The number of hydrogen-bond acceptors (Lipinski definition) is 2. The lowest BCUT2D eigenvalue weighted by Crippen LogP contribution is -2.26. The normalized spacial score (nSPS) is 19.7. The molecule has 0 bridgehead atoms. The van der Waals surface area contributed by atoms with E-state index in [0.717, 1.165) is 36.7 Å². The van der Waals surface area contributed by atoms with Crippen LogP contribution in [0.5, 0.6) is 0 Å². The van der Waals surface area contributed by atoms with Crippen molar-refractivity contribution in [3.63, 3.8) is 0 Å². The van der Waals surface area contributed by atoms with Gasteiger partial charge in [0.05, 0.1) is 11.3 Å². The molecule has 0 aromatic heterocycles. The third kappa shape index (κ3) is 3.53. The number of hydrogen-bond donors (Lipinski definition) is 1. The fraction of sp³-hybridized carbons (Fsp3) is 0.588. The van der Waals surface area contributed by atoms with Gasteiger partial charge in [-0.05, 0) is 44.2 Å². The van der Waals surface area contributed by atoms with Gasteiger partial charge in [-0.2, -0.15) is 0 Å². The number of aryl methyl sites for hydroxylation is 1. The highest BCUT2D eigenvalue weighted by Crippen LogP contribution is 2.28. The van der Waals surface area contributed by atoms with Crippen molar-refractivity contribution in [3.8, 4) is 0 Å². The van der Waals surface area contributed by atoms with E-state index in [4.69, 9.17) is 0 Å². The molecule has 0 aliphatic carbocycles. The summed E-state index contributed by atoms with van der Waals surface area (Å²) in [5, 5.41) is 9.40. The zero-order valence-corrected chi connectivity index (χ0v) is 12.6. The highest BCUT2D eigenvalue weighted by Gasteiger charge is 2.20. The van der Waals surface area contributed by atoms with Gasteiger partial charge in [0.15, 0.2) is 0 Å². The molecule has 1 aliphatic heterocycles. The summed E-state index contributed by atoms with van der Waals surface area (Å²) in [6, 6.07) is 5.77. The van der Waals surface area contributed by atoms with Crippen LogP contribution >= 0.6 is 0 Å². The number of rotatable bonds is 4. The number of carbonyl (C=O) groups is 1. The summed E-state index contributed by atoms with van der Waals surface area (Å²) in [6.45, 7) is 6.14. The van der Waals surface area contributed by atoms with Crippen molar-refractivity contribution in [1.29, 1.82) is 0 Å². The molecular weight excluding hydrogens is 250 g/mol. The lowest BCUT2D eigenvalue weighted by molar-refractivity contribution is 0.0697. The van der Waals surface area contributed by atoms with E-state index in [-0.39, 0.29) is 0 Å². The number of carboxylic acids is 1. The van der Waals surface area contributed by atoms with Gasteiger partial charge in [0, 0.05) is 13.1 Å². The molecule has 3 nitrogen and oxygen atoms in total. The van der Waals surface area contributed by atoms with Gasteiger partial charge in [0.1, 0.15) is 0 Å². The van der Waals surface area contributed by atoms with E-state index in [0.29, 0.717) is 5.56 Å². The Morgan fingerprint density at radius 1 is 1.35 bits per heavy atom. The first-order valence-corrected chi connectivity index (χ1v) is 7.70. The van der Waals surface area contributed by atoms with E-state index < -0.39 is 5.97 Å². The maximum absolute atomic E-state index is 11.4. The molecule has 0 spiro atoms. The van der Waals surface area contributed by atoms with Gasteiger partial charge in [0.2, 0.25) is 0 Å². The molecule has 1 aromatic rings. The van der Waals surface area contributed by atoms with E-state index in [1.165, 1.54) is 25.7 Å². The van der Waals surface area contributed by atoms with E-state index in [1.54, 1.807) is 6.07 Å². The minimum Gasteiger partial charge on any atom is -0.478 e. The first kappa shape index (κ1) is 14.9. The molecule has 110 valence electrons. The summed E-state index contributed by atoms with van der Waals surface area (Å²) in [5.41, 5.74) is 2.34. The van der Waals surface area contributed by atoms with E-state index in [1.807, 2.05) is 19.1 Å². The number of benzene rings is 1. The van der Waals surface area contributed by atoms with Crippen LogP contribution in [0.15, 0.2) is 18.2 Å². The van der Waals surface area contributed by atoms with Crippen LogP contribution in [0, 0.1) is 12.8 Å². The van der Waals surface area contributed by atoms with Gasteiger partial charge < -0.3 is 10.0 Å². The summed E-state index contributed by atoms with van der Waals surface area (Å²) >= 11 is 0. The van der Waals surface area contributed by atoms with Crippen LogP contribution in [0.4, 0.5) is 5.69 Å². The zero-order valence-electron chi connectivity index (χ0n) is 12.6. The average molecular weight is 275 g/mol. The zero-order chi connectivity index (χ0) is 14.5. The Labute approximate surface area is 121 Å². The largest absolute Gasteiger partial charge is 0.478 e. The summed E-state index contributed by atoms with van der Waals surface area (Å²) < 4.78 is 0. The highest BCUT2D eigenvalue weighted by atomic mass is 16.4. The van der Waals surface area contributed by atoms with Gasteiger partial charge in [-0.1, -0.05) is 31.4 Å². The van der Waals surface area contributed by atoms with E-state index in [9.17, 15) is 9.90 Å². The molecule has 1 N–H and O–H groups in total. The molecule has 0 saturated carbocycles. The minimum absolute atomic E-state index is 0.443. The van der Waals surface area contributed by atoms with Crippen molar-refractivity contribution in [1.82, 2.24) is 0 Å². The van der Waals surface area contributed by atoms with Gasteiger partial charge in [0.25, 0.3) is 0 Å². The van der Waals surface area contributed by atoms with E-state index in [2.05, 4.69) is 11.8 Å². The SMILES string of the molecule is CCCC1CCCN(c2ccc(C)cc2C(=O)O)CC1. The van der Waals surface area contributed by atoms with Crippen LogP contribution < -0.4 is 4.90 Å². The third-order valence-electron chi connectivity index (χ3n) is 4.27. The maximum atomic E-state index is 11.4. The third-order valence-corrected chi connectivity index (χ3v) is 4.27. The standard InChI is InChI=1S/C17H25NO2/c1-3-5-14-6-4-10-18(11-9-14)16-8-7-13(2)12-15(16)17(19)20/h7-8,12,14H,3-6,9-11H2,1-2H3,(H,19,20). The second kappa shape index (κ2) is 6.78.